The Morgan fingerprint density at radius 2 is 2.10 bits per heavy atom. The molecule has 0 spiro atoms. The van der Waals surface area contributed by atoms with E-state index in [2.05, 4.69) is 4.74 Å². The van der Waals surface area contributed by atoms with Gasteiger partial charge in [-0.1, -0.05) is 6.92 Å². The predicted octanol–water partition coefficient (Wildman–Crippen LogP) is 0.413. The zero-order valence-corrected chi connectivity index (χ0v) is 5.96. The Hall–Kier alpha value is -1.06. The molecule has 0 rings (SSSR count). The average Bonchev–Trinajstić information content (AvgIpc) is 1.87. The first-order chi connectivity index (χ1) is 4.57. The molecule has 0 aromatic carbocycles. The average molecular weight is 146 g/mol. The van der Waals surface area contributed by atoms with Gasteiger partial charge in [0.2, 0.25) is 0 Å². The smallest absolute Gasteiger partial charge is 0.344 e. The van der Waals surface area contributed by atoms with Crippen LogP contribution in [0.15, 0.2) is 0 Å². The van der Waals surface area contributed by atoms with Crippen LogP contribution in [-0.4, -0.2) is 23.1 Å². The van der Waals surface area contributed by atoms with E-state index in [9.17, 15) is 9.59 Å². The van der Waals surface area contributed by atoms with E-state index in [0.29, 0.717) is 0 Å². The molecule has 10 heavy (non-hydrogen) atoms. The van der Waals surface area contributed by atoms with Crippen LogP contribution in [0.3, 0.4) is 0 Å². The molecule has 58 valence electrons. The molecule has 0 unspecified atom stereocenters. The van der Waals surface area contributed by atoms with Crippen LogP contribution in [-0.2, 0) is 14.3 Å². The molecule has 0 aliphatic heterocycles. The van der Waals surface area contributed by atoms with Crippen LogP contribution < -0.4 is 0 Å². The summed E-state index contributed by atoms with van der Waals surface area (Å²) in [6, 6.07) is 0. The summed E-state index contributed by atoms with van der Waals surface area (Å²) in [6.07, 6.45) is -0.829. The van der Waals surface area contributed by atoms with Gasteiger partial charge in [0.15, 0.2) is 6.10 Å². The fourth-order valence-electron chi connectivity index (χ4n) is 0.331. The van der Waals surface area contributed by atoms with E-state index in [1.165, 1.54) is 6.92 Å². The van der Waals surface area contributed by atoms with E-state index in [1.807, 2.05) is 0 Å². The van der Waals surface area contributed by atoms with Crippen molar-refractivity contribution in [1.82, 2.24) is 0 Å². The van der Waals surface area contributed by atoms with Crippen LogP contribution in [0, 0.1) is 0 Å². The summed E-state index contributed by atoms with van der Waals surface area (Å²) in [4.78, 5) is 20.5. The van der Waals surface area contributed by atoms with Gasteiger partial charge in [-0.05, 0) is 6.92 Å². The third-order valence-electron chi connectivity index (χ3n) is 0.945. The second-order valence-electron chi connectivity index (χ2n) is 1.82. The lowest BCUT2D eigenvalue weighted by atomic mass is 10.4. The van der Waals surface area contributed by atoms with Crippen molar-refractivity contribution in [2.45, 2.75) is 26.4 Å². The third-order valence-corrected chi connectivity index (χ3v) is 0.945. The minimum atomic E-state index is -1.12. The molecule has 0 aromatic rings. The number of rotatable bonds is 3. The van der Waals surface area contributed by atoms with Crippen LogP contribution in [0.25, 0.3) is 0 Å². The summed E-state index contributed by atoms with van der Waals surface area (Å²) >= 11 is 0. The Morgan fingerprint density at radius 1 is 1.60 bits per heavy atom. The monoisotopic (exact) mass is 146 g/mol. The van der Waals surface area contributed by atoms with Crippen LogP contribution in [0.5, 0.6) is 0 Å². The lowest BCUT2D eigenvalue weighted by molar-refractivity contribution is -0.162. The van der Waals surface area contributed by atoms with Crippen molar-refractivity contribution in [2.75, 3.05) is 0 Å². The highest BCUT2D eigenvalue weighted by Gasteiger charge is 2.14. The first kappa shape index (κ1) is 8.94. The van der Waals surface area contributed by atoms with Gasteiger partial charge in [0.05, 0.1) is 0 Å². The highest BCUT2D eigenvalue weighted by atomic mass is 16.6. The lowest BCUT2D eigenvalue weighted by Gasteiger charge is -2.05. The van der Waals surface area contributed by atoms with E-state index in [0.717, 1.165) is 0 Å². The molecule has 0 radical (unpaired) electrons. The van der Waals surface area contributed by atoms with Crippen LogP contribution in [0.2, 0.25) is 0 Å². The number of aliphatic carboxylic acids is 1. The van der Waals surface area contributed by atoms with Gasteiger partial charge in [-0.3, -0.25) is 4.79 Å². The molecule has 0 saturated carbocycles. The second kappa shape index (κ2) is 3.87. The molecule has 0 bridgehead atoms. The van der Waals surface area contributed by atoms with E-state index >= 15 is 0 Å². The van der Waals surface area contributed by atoms with Gasteiger partial charge < -0.3 is 9.84 Å². The van der Waals surface area contributed by atoms with E-state index in [-0.39, 0.29) is 6.42 Å². The minimum Gasteiger partial charge on any atom is -0.479 e. The maximum atomic E-state index is 10.4. The predicted molar refractivity (Wildman–Crippen MR) is 33.5 cm³/mol. The number of esters is 1. The fraction of sp³-hybridized carbons (Fsp3) is 0.667. The Labute approximate surface area is 58.8 Å². The normalized spacial score (nSPS) is 12.2. The third kappa shape index (κ3) is 3.06. The first-order valence-corrected chi connectivity index (χ1v) is 3.00. The Bertz CT molecular complexity index is 141. The molecule has 1 N–H and O–H groups in total. The lowest BCUT2D eigenvalue weighted by Crippen LogP contribution is -2.22. The number of hydrogen-bond acceptors (Lipinski definition) is 3. The van der Waals surface area contributed by atoms with Crippen molar-refractivity contribution in [3.05, 3.63) is 0 Å². The highest BCUT2D eigenvalue weighted by molar-refractivity contribution is 5.77. The Kier molecular flexibility index (Phi) is 3.46. The molecule has 0 aliphatic carbocycles. The maximum Gasteiger partial charge on any atom is 0.344 e. The second-order valence-corrected chi connectivity index (χ2v) is 1.82. The largest absolute Gasteiger partial charge is 0.479 e. The minimum absolute atomic E-state index is 0.206. The van der Waals surface area contributed by atoms with E-state index in [4.69, 9.17) is 5.11 Å². The van der Waals surface area contributed by atoms with Crippen molar-refractivity contribution >= 4 is 11.9 Å². The van der Waals surface area contributed by atoms with Crippen molar-refractivity contribution in [3.63, 3.8) is 0 Å². The fourth-order valence-corrected chi connectivity index (χ4v) is 0.331. The maximum absolute atomic E-state index is 10.4. The summed E-state index contributed by atoms with van der Waals surface area (Å²) in [7, 11) is 0. The van der Waals surface area contributed by atoms with Crippen molar-refractivity contribution in [2.24, 2.45) is 0 Å². The highest BCUT2D eigenvalue weighted by Crippen LogP contribution is 1.93. The molecule has 0 amide bonds. The zero-order valence-electron chi connectivity index (χ0n) is 5.96. The van der Waals surface area contributed by atoms with Crippen LogP contribution >= 0.6 is 0 Å². The quantitative estimate of drug-likeness (QED) is 0.586. The van der Waals surface area contributed by atoms with Gasteiger partial charge in [0.1, 0.15) is 0 Å². The Balaban J connectivity index is 3.68. The molecular weight excluding hydrogens is 136 g/mol. The molecule has 0 heterocycles. The molecule has 0 fully saturated rings. The van der Waals surface area contributed by atoms with Gasteiger partial charge in [0.25, 0.3) is 0 Å². The topological polar surface area (TPSA) is 63.6 Å². The molecule has 4 heteroatoms. The summed E-state index contributed by atoms with van der Waals surface area (Å²) in [5.74, 6) is -1.61. The molecule has 1 atom stereocenters. The van der Waals surface area contributed by atoms with Gasteiger partial charge in [-0.15, -0.1) is 0 Å². The standard InChI is InChI=1S/C6H10O4/c1-3-5(7)10-4(2)6(8)9/h4H,3H2,1-2H3,(H,8,9)/t4-/m0/s1. The molecule has 4 nitrogen and oxygen atoms in total. The van der Waals surface area contributed by atoms with Crippen molar-refractivity contribution < 1.29 is 19.4 Å². The summed E-state index contributed by atoms with van der Waals surface area (Å²) in [5, 5.41) is 8.25. The number of carbonyl (C=O) groups excluding carboxylic acids is 1. The van der Waals surface area contributed by atoms with Gasteiger partial charge >= 0.3 is 11.9 Å². The summed E-state index contributed by atoms with van der Waals surface area (Å²) in [5.41, 5.74) is 0. The molecule has 0 aromatic heterocycles. The Morgan fingerprint density at radius 3 is 2.40 bits per heavy atom. The van der Waals surface area contributed by atoms with Gasteiger partial charge in [0, 0.05) is 6.42 Å². The zero-order chi connectivity index (χ0) is 8.15. The van der Waals surface area contributed by atoms with Gasteiger partial charge in [-0.2, -0.15) is 0 Å². The van der Waals surface area contributed by atoms with Crippen LogP contribution in [0.1, 0.15) is 20.3 Å². The van der Waals surface area contributed by atoms with E-state index in [1.54, 1.807) is 6.92 Å². The number of ether oxygens (including phenoxy) is 1. The number of hydrogen-bond donors (Lipinski definition) is 1. The molecule has 0 aliphatic rings. The first-order valence-electron chi connectivity index (χ1n) is 3.00. The molecular formula is C6H10O4. The summed E-state index contributed by atoms with van der Waals surface area (Å²) < 4.78 is 4.42. The SMILES string of the molecule is CCC(=O)O[C@@H](C)C(=O)O. The van der Waals surface area contributed by atoms with E-state index < -0.39 is 18.0 Å². The van der Waals surface area contributed by atoms with Crippen molar-refractivity contribution in [3.8, 4) is 0 Å². The number of carboxylic acid groups (broad SMARTS) is 1. The van der Waals surface area contributed by atoms with Crippen molar-refractivity contribution in [1.29, 1.82) is 0 Å². The molecule has 0 saturated heterocycles. The number of carboxylic acids is 1. The van der Waals surface area contributed by atoms with Crippen LogP contribution in [0.4, 0.5) is 0 Å². The van der Waals surface area contributed by atoms with Gasteiger partial charge in [-0.25, -0.2) is 4.79 Å². The number of carbonyl (C=O) groups is 2. The summed E-state index contributed by atoms with van der Waals surface area (Å²) in [6.45, 7) is 2.92.